The van der Waals surface area contributed by atoms with E-state index in [0.717, 1.165) is 5.57 Å². The molecule has 0 aromatic heterocycles. The van der Waals surface area contributed by atoms with E-state index in [1.54, 1.807) is 0 Å². The van der Waals surface area contributed by atoms with Crippen LogP contribution in [0.25, 0.3) is 0 Å². The lowest BCUT2D eigenvalue weighted by Gasteiger charge is -2.22. The summed E-state index contributed by atoms with van der Waals surface area (Å²) < 4.78 is 11.1. The van der Waals surface area contributed by atoms with Gasteiger partial charge in [-0.1, -0.05) is 6.58 Å². The molecule has 4 heteroatoms. The van der Waals surface area contributed by atoms with Crippen molar-refractivity contribution in [2.75, 3.05) is 0 Å². The molecule has 1 saturated carbocycles. The van der Waals surface area contributed by atoms with Crippen LogP contribution in [-0.4, -0.2) is 35.2 Å². The third kappa shape index (κ3) is 1.21. The van der Waals surface area contributed by atoms with Crippen molar-refractivity contribution >= 4 is 0 Å². The SMILES string of the molecule is C=C1[C@H]2OC(C)(C)O[C@H]2[C@H](O)[C@H]1N. The van der Waals surface area contributed by atoms with Gasteiger partial charge in [-0.2, -0.15) is 0 Å². The maximum Gasteiger partial charge on any atom is 0.164 e. The van der Waals surface area contributed by atoms with Crippen molar-refractivity contribution in [3.05, 3.63) is 12.2 Å². The lowest BCUT2D eigenvalue weighted by molar-refractivity contribution is -0.158. The van der Waals surface area contributed by atoms with Crippen LogP contribution in [0.1, 0.15) is 13.8 Å². The Morgan fingerprint density at radius 3 is 2.62 bits per heavy atom. The van der Waals surface area contributed by atoms with E-state index >= 15 is 0 Å². The molecule has 0 spiro atoms. The summed E-state index contributed by atoms with van der Waals surface area (Å²) in [5, 5.41) is 9.68. The van der Waals surface area contributed by atoms with E-state index < -0.39 is 17.9 Å². The molecule has 1 saturated heterocycles. The van der Waals surface area contributed by atoms with E-state index in [1.165, 1.54) is 0 Å². The van der Waals surface area contributed by atoms with Crippen LogP contribution in [-0.2, 0) is 9.47 Å². The van der Waals surface area contributed by atoms with Crippen molar-refractivity contribution in [1.29, 1.82) is 0 Å². The molecule has 2 rings (SSSR count). The van der Waals surface area contributed by atoms with Gasteiger partial charge in [0.25, 0.3) is 0 Å². The Morgan fingerprint density at radius 1 is 1.46 bits per heavy atom. The van der Waals surface area contributed by atoms with E-state index in [9.17, 15) is 5.11 Å². The maximum absolute atomic E-state index is 9.68. The lowest BCUT2D eigenvalue weighted by atomic mass is 10.1. The molecule has 2 fully saturated rings. The molecule has 0 aromatic rings. The molecule has 2 aliphatic rings. The van der Waals surface area contributed by atoms with Crippen molar-refractivity contribution in [2.24, 2.45) is 5.73 Å². The van der Waals surface area contributed by atoms with Gasteiger partial charge in [0.15, 0.2) is 5.79 Å². The Labute approximate surface area is 77.3 Å². The molecule has 0 bridgehead atoms. The van der Waals surface area contributed by atoms with Gasteiger partial charge in [-0.15, -0.1) is 0 Å². The van der Waals surface area contributed by atoms with Crippen LogP contribution >= 0.6 is 0 Å². The molecule has 1 heterocycles. The van der Waals surface area contributed by atoms with E-state index in [-0.39, 0.29) is 12.2 Å². The van der Waals surface area contributed by atoms with E-state index in [1.807, 2.05) is 13.8 Å². The average molecular weight is 185 g/mol. The number of fused-ring (bicyclic) bond motifs is 1. The number of nitrogens with two attached hydrogens (primary N) is 1. The lowest BCUT2D eigenvalue weighted by Crippen LogP contribution is -2.38. The second-order valence-corrected chi connectivity index (χ2v) is 4.11. The van der Waals surface area contributed by atoms with E-state index in [0.29, 0.717) is 0 Å². The quantitative estimate of drug-likeness (QED) is 0.511. The second-order valence-electron chi connectivity index (χ2n) is 4.11. The monoisotopic (exact) mass is 185 g/mol. The molecule has 1 aliphatic heterocycles. The minimum Gasteiger partial charge on any atom is -0.388 e. The van der Waals surface area contributed by atoms with Crippen LogP contribution in [0.15, 0.2) is 12.2 Å². The van der Waals surface area contributed by atoms with Gasteiger partial charge in [0.2, 0.25) is 0 Å². The number of ether oxygens (including phenoxy) is 2. The normalized spacial score (nSPS) is 48.2. The van der Waals surface area contributed by atoms with Gasteiger partial charge in [0, 0.05) is 0 Å². The highest BCUT2D eigenvalue weighted by Gasteiger charge is 2.54. The van der Waals surface area contributed by atoms with Gasteiger partial charge < -0.3 is 20.3 Å². The summed E-state index contributed by atoms with van der Waals surface area (Å²) in [6.07, 6.45) is -1.29. The summed E-state index contributed by atoms with van der Waals surface area (Å²) >= 11 is 0. The minimum absolute atomic E-state index is 0.250. The predicted molar refractivity (Wildman–Crippen MR) is 46.9 cm³/mol. The Kier molecular flexibility index (Phi) is 1.79. The van der Waals surface area contributed by atoms with Crippen LogP contribution < -0.4 is 5.73 Å². The summed E-state index contributed by atoms with van der Waals surface area (Å²) in [6, 6.07) is -0.425. The summed E-state index contributed by atoms with van der Waals surface area (Å²) in [6.45, 7) is 7.44. The fraction of sp³-hybridized carbons (Fsp3) is 0.778. The van der Waals surface area contributed by atoms with E-state index in [4.69, 9.17) is 15.2 Å². The van der Waals surface area contributed by atoms with Crippen molar-refractivity contribution in [3.8, 4) is 0 Å². The fourth-order valence-electron chi connectivity index (χ4n) is 1.94. The summed E-state index contributed by atoms with van der Waals surface area (Å²) in [4.78, 5) is 0. The Bertz CT molecular complexity index is 251. The Morgan fingerprint density at radius 2 is 2.08 bits per heavy atom. The molecule has 3 N–H and O–H groups in total. The molecule has 4 atom stereocenters. The van der Waals surface area contributed by atoms with Crippen LogP contribution in [0.2, 0.25) is 0 Å². The van der Waals surface area contributed by atoms with Gasteiger partial charge in [-0.05, 0) is 19.4 Å². The minimum atomic E-state index is -0.695. The molecular weight excluding hydrogens is 170 g/mol. The van der Waals surface area contributed by atoms with Gasteiger partial charge in [0.1, 0.15) is 18.3 Å². The van der Waals surface area contributed by atoms with Gasteiger partial charge in [0.05, 0.1) is 6.04 Å². The smallest absolute Gasteiger partial charge is 0.164 e. The Balaban J connectivity index is 2.23. The zero-order chi connectivity index (χ0) is 9.80. The molecule has 4 nitrogen and oxygen atoms in total. The standard InChI is InChI=1S/C9H15NO3/c1-4-5(10)6(11)8-7(4)12-9(2,3)13-8/h5-8,11H,1,10H2,2-3H3/t5-,6+,7+,8-/m0/s1. The van der Waals surface area contributed by atoms with Gasteiger partial charge in [-0.25, -0.2) is 0 Å². The van der Waals surface area contributed by atoms with Crippen molar-refractivity contribution in [1.82, 2.24) is 0 Å². The first-order valence-corrected chi connectivity index (χ1v) is 4.40. The molecule has 74 valence electrons. The van der Waals surface area contributed by atoms with Crippen molar-refractivity contribution in [2.45, 2.75) is 44.0 Å². The molecule has 1 aliphatic carbocycles. The van der Waals surface area contributed by atoms with Crippen LogP contribution in [0, 0.1) is 0 Å². The number of rotatable bonds is 0. The number of hydrogen-bond acceptors (Lipinski definition) is 4. The highest BCUT2D eigenvalue weighted by Crippen LogP contribution is 2.39. The number of aliphatic hydroxyl groups excluding tert-OH is 1. The molecule has 0 unspecified atom stereocenters. The zero-order valence-electron chi connectivity index (χ0n) is 7.86. The zero-order valence-corrected chi connectivity index (χ0v) is 7.86. The first-order chi connectivity index (χ1) is 5.92. The third-order valence-corrected chi connectivity index (χ3v) is 2.63. The average Bonchev–Trinajstić information content (AvgIpc) is 2.44. The molecular formula is C9H15NO3. The number of aliphatic hydroxyl groups is 1. The van der Waals surface area contributed by atoms with Crippen molar-refractivity contribution in [3.63, 3.8) is 0 Å². The predicted octanol–water partition coefficient (Wildman–Crippen LogP) is -0.236. The van der Waals surface area contributed by atoms with Gasteiger partial charge >= 0.3 is 0 Å². The topological polar surface area (TPSA) is 64.7 Å². The Hall–Kier alpha value is -0.420. The molecule has 13 heavy (non-hydrogen) atoms. The summed E-state index contributed by atoms with van der Waals surface area (Å²) in [5.74, 6) is -0.639. The third-order valence-electron chi connectivity index (χ3n) is 2.63. The maximum atomic E-state index is 9.68. The highest BCUT2D eigenvalue weighted by molar-refractivity contribution is 5.25. The van der Waals surface area contributed by atoms with Crippen LogP contribution in [0.5, 0.6) is 0 Å². The molecule has 0 aromatic carbocycles. The summed E-state index contributed by atoms with van der Waals surface area (Å²) in [7, 11) is 0. The van der Waals surface area contributed by atoms with Crippen LogP contribution in [0.4, 0.5) is 0 Å². The number of hydrogen-bond donors (Lipinski definition) is 2. The first kappa shape index (κ1) is 9.15. The van der Waals surface area contributed by atoms with Gasteiger partial charge in [-0.3, -0.25) is 0 Å². The molecule has 0 amide bonds. The second kappa shape index (κ2) is 2.54. The van der Waals surface area contributed by atoms with E-state index in [2.05, 4.69) is 6.58 Å². The highest BCUT2D eigenvalue weighted by atomic mass is 16.8. The fourth-order valence-corrected chi connectivity index (χ4v) is 1.94. The van der Waals surface area contributed by atoms with Crippen molar-refractivity contribution < 1.29 is 14.6 Å². The first-order valence-electron chi connectivity index (χ1n) is 4.40. The van der Waals surface area contributed by atoms with Crippen LogP contribution in [0.3, 0.4) is 0 Å². The largest absolute Gasteiger partial charge is 0.388 e. The molecule has 0 radical (unpaired) electrons. The summed E-state index contributed by atoms with van der Waals surface area (Å²) in [5.41, 5.74) is 6.42.